The Morgan fingerprint density at radius 3 is 2.71 bits per heavy atom. The quantitative estimate of drug-likeness (QED) is 0.209. The molecule has 0 radical (unpaired) electrons. The highest BCUT2D eigenvalue weighted by Crippen LogP contribution is 2.45. The van der Waals surface area contributed by atoms with E-state index >= 15 is 4.39 Å². The Hall–Kier alpha value is -4.91. The molecular formula is C27H24ClFN9O3+. The Kier molecular flexibility index (Phi) is 6.79. The van der Waals surface area contributed by atoms with E-state index in [9.17, 15) is 10.0 Å². The first-order chi connectivity index (χ1) is 19.8. The zero-order valence-corrected chi connectivity index (χ0v) is 22.5. The molecule has 1 aliphatic carbocycles. The average Bonchev–Trinajstić information content (AvgIpc) is 3.32. The van der Waals surface area contributed by atoms with Gasteiger partial charge in [0.25, 0.3) is 5.69 Å². The molecule has 1 aromatic carbocycles. The Labute approximate surface area is 237 Å². The summed E-state index contributed by atoms with van der Waals surface area (Å²) >= 11 is 6.16. The van der Waals surface area contributed by atoms with Gasteiger partial charge in [0.05, 0.1) is 28.0 Å². The molecule has 4 aromatic heterocycles. The van der Waals surface area contributed by atoms with Gasteiger partial charge < -0.3 is 10.9 Å². The highest BCUT2D eigenvalue weighted by molar-refractivity contribution is 6.31. The van der Waals surface area contributed by atoms with E-state index in [1.54, 1.807) is 41.3 Å². The maximum atomic E-state index is 15.4. The third kappa shape index (κ3) is 5.07. The molecule has 3 atom stereocenters. The number of amides is 1. The van der Waals surface area contributed by atoms with Crippen LogP contribution in [0.3, 0.4) is 0 Å². The Balaban J connectivity index is 1.42. The third-order valence-corrected chi connectivity index (χ3v) is 7.60. The molecule has 6 rings (SSSR count). The van der Waals surface area contributed by atoms with Gasteiger partial charge in [-0.25, -0.2) is 4.39 Å². The lowest BCUT2D eigenvalue weighted by Crippen LogP contribution is -2.46. The first-order valence-corrected chi connectivity index (χ1v) is 13.1. The second-order valence-electron chi connectivity index (χ2n) is 9.77. The highest BCUT2D eigenvalue weighted by Gasteiger charge is 2.45. The number of halogens is 2. The van der Waals surface area contributed by atoms with Crippen molar-refractivity contribution in [3.63, 3.8) is 0 Å². The minimum atomic E-state index is -0.632. The largest absolute Gasteiger partial charge is 0.619 e. The smallest absolute Gasteiger partial charge is 0.258 e. The zero-order chi connectivity index (χ0) is 28.7. The van der Waals surface area contributed by atoms with Crippen LogP contribution >= 0.6 is 11.6 Å². The molecule has 208 valence electrons. The van der Waals surface area contributed by atoms with E-state index in [1.807, 2.05) is 12.3 Å². The molecule has 12 nitrogen and oxygen atoms in total. The molecule has 41 heavy (non-hydrogen) atoms. The standard InChI is InChI=1S/C27H23ClFN9O3/c1-41-38-14-17(25-23(37-15-31-33-34-37)5-3-21(28)26(25)29)2-4-22(38)24(11-18-10-20(18)27(30)39)36-13-19(12-32-36)16-6-8-35(40)9-7-16/h2-9,12-15,18,20,24H,10-11H2,1H3,(H-,30,39)/p+1/t18-,20+,24?/m0/s1. The van der Waals surface area contributed by atoms with Crippen LogP contribution in [-0.4, -0.2) is 43.0 Å². The van der Waals surface area contributed by atoms with Gasteiger partial charge in [-0.1, -0.05) is 11.6 Å². The molecule has 1 saturated carbocycles. The second-order valence-corrected chi connectivity index (χ2v) is 10.2. The molecule has 1 amide bonds. The van der Waals surface area contributed by atoms with Crippen LogP contribution < -0.4 is 20.0 Å². The maximum absolute atomic E-state index is 15.4. The van der Waals surface area contributed by atoms with Gasteiger partial charge in [-0.2, -0.15) is 14.5 Å². The van der Waals surface area contributed by atoms with Crippen molar-refractivity contribution in [3.8, 4) is 27.9 Å². The molecule has 0 bridgehead atoms. The van der Waals surface area contributed by atoms with E-state index in [4.69, 9.17) is 22.2 Å². The summed E-state index contributed by atoms with van der Waals surface area (Å²) in [5.74, 6) is -1.09. The first kappa shape index (κ1) is 26.3. The van der Waals surface area contributed by atoms with E-state index in [0.717, 1.165) is 11.1 Å². The number of carbonyl (C=O) groups excluding carboxylic acids is 1. The fourth-order valence-electron chi connectivity index (χ4n) is 5.10. The predicted molar refractivity (Wildman–Crippen MR) is 142 cm³/mol. The van der Waals surface area contributed by atoms with Crippen molar-refractivity contribution in [2.24, 2.45) is 17.6 Å². The molecule has 5 aromatic rings. The number of hydrogen-bond donors (Lipinski definition) is 1. The van der Waals surface area contributed by atoms with E-state index in [2.05, 4.69) is 20.6 Å². The topological polar surface area (TPSA) is 145 Å². The summed E-state index contributed by atoms with van der Waals surface area (Å²) in [6.07, 6.45) is 10.7. The van der Waals surface area contributed by atoms with Gasteiger partial charge in [0.15, 0.2) is 18.2 Å². The van der Waals surface area contributed by atoms with E-state index in [-0.39, 0.29) is 34.4 Å². The van der Waals surface area contributed by atoms with Gasteiger partial charge in [0.1, 0.15) is 19.5 Å². The number of carbonyl (C=O) groups is 1. The fourth-order valence-corrected chi connectivity index (χ4v) is 5.26. The molecule has 0 spiro atoms. The number of rotatable bonds is 9. The van der Waals surface area contributed by atoms with Crippen molar-refractivity contribution in [2.45, 2.75) is 18.9 Å². The maximum Gasteiger partial charge on any atom is 0.258 e. The van der Waals surface area contributed by atoms with Crippen LogP contribution in [0.5, 0.6) is 0 Å². The summed E-state index contributed by atoms with van der Waals surface area (Å²) in [4.78, 5) is 17.6. The Morgan fingerprint density at radius 2 is 2.02 bits per heavy atom. The summed E-state index contributed by atoms with van der Waals surface area (Å²) in [6, 6.07) is 9.70. The van der Waals surface area contributed by atoms with Crippen LogP contribution in [0.15, 0.2) is 73.7 Å². The average molecular weight is 577 g/mol. The number of hydrogen-bond acceptors (Lipinski definition) is 7. The normalized spacial score (nSPS) is 16.9. The monoisotopic (exact) mass is 576 g/mol. The molecule has 0 saturated heterocycles. The van der Waals surface area contributed by atoms with Crippen molar-refractivity contribution in [1.29, 1.82) is 0 Å². The minimum absolute atomic E-state index is 0.0542. The number of pyridine rings is 2. The molecule has 1 aliphatic rings. The minimum Gasteiger partial charge on any atom is -0.619 e. The van der Waals surface area contributed by atoms with Crippen LogP contribution in [0.4, 0.5) is 4.39 Å². The zero-order valence-electron chi connectivity index (χ0n) is 21.7. The molecule has 2 N–H and O–H groups in total. The lowest BCUT2D eigenvalue weighted by atomic mass is 10.0. The van der Waals surface area contributed by atoms with Crippen LogP contribution in [0.2, 0.25) is 5.02 Å². The van der Waals surface area contributed by atoms with Crippen molar-refractivity contribution >= 4 is 17.5 Å². The molecule has 4 heterocycles. The molecule has 0 aliphatic heterocycles. The van der Waals surface area contributed by atoms with Gasteiger partial charge in [-0.15, -0.1) is 5.10 Å². The lowest BCUT2D eigenvalue weighted by molar-refractivity contribution is -0.891. The van der Waals surface area contributed by atoms with Crippen molar-refractivity contribution in [2.75, 3.05) is 7.11 Å². The van der Waals surface area contributed by atoms with E-state index in [1.165, 1.54) is 41.3 Å². The lowest BCUT2D eigenvalue weighted by Gasteiger charge is -2.16. The van der Waals surface area contributed by atoms with Crippen molar-refractivity contribution in [1.82, 2.24) is 30.0 Å². The predicted octanol–water partition coefficient (Wildman–Crippen LogP) is 2.07. The summed E-state index contributed by atoms with van der Waals surface area (Å²) < 4.78 is 20.8. The van der Waals surface area contributed by atoms with Crippen LogP contribution in [0.1, 0.15) is 24.6 Å². The molecule has 1 unspecified atom stereocenters. The molecular weight excluding hydrogens is 553 g/mol. The summed E-state index contributed by atoms with van der Waals surface area (Å²) in [5.41, 5.74) is 8.97. The Bertz CT molecular complexity index is 1730. The number of benzene rings is 1. The summed E-state index contributed by atoms with van der Waals surface area (Å²) in [7, 11) is 1.50. The van der Waals surface area contributed by atoms with Crippen LogP contribution in [0.25, 0.3) is 27.9 Å². The summed E-state index contributed by atoms with van der Waals surface area (Å²) in [5, 5.41) is 27.3. The van der Waals surface area contributed by atoms with Gasteiger partial charge in [-0.3, -0.25) is 14.3 Å². The molecule has 14 heteroatoms. The van der Waals surface area contributed by atoms with Gasteiger partial charge in [0, 0.05) is 40.6 Å². The van der Waals surface area contributed by atoms with E-state index in [0.29, 0.717) is 34.5 Å². The van der Waals surface area contributed by atoms with Crippen molar-refractivity contribution < 1.29 is 23.5 Å². The second kappa shape index (κ2) is 10.6. The van der Waals surface area contributed by atoms with Gasteiger partial charge >= 0.3 is 0 Å². The molecule has 1 fully saturated rings. The summed E-state index contributed by atoms with van der Waals surface area (Å²) in [6.45, 7) is 0. The van der Waals surface area contributed by atoms with Crippen molar-refractivity contribution in [3.05, 3.63) is 95.5 Å². The Morgan fingerprint density at radius 1 is 1.22 bits per heavy atom. The number of tetrazole rings is 1. The number of primary amides is 1. The van der Waals surface area contributed by atoms with E-state index < -0.39 is 5.82 Å². The number of aromatic nitrogens is 8. The third-order valence-electron chi connectivity index (χ3n) is 7.31. The SMILES string of the molecule is CO[n+]1cc(-c2c(-n3cnnn3)ccc(Cl)c2F)ccc1C(C[C@@H]1C[C@H]1C(N)=O)n1cc(-c2cc[n+]([O-])cc2)cn1. The number of nitrogens with zero attached hydrogens (tertiary/aromatic N) is 8. The first-order valence-electron chi connectivity index (χ1n) is 12.7. The fraction of sp³-hybridized carbons (Fsp3) is 0.222. The van der Waals surface area contributed by atoms with Crippen LogP contribution in [-0.2, 0) is 4.79 Å². The van der Waals surface area contributed by atoms with Gasteiger partial charge in [-0.05, 0) is 52.9 Å². The van der Waals surface area contributed by atoms with Crippen LogP contribution in [0, 0.1) is 22.9 Å². The number of nitrogens with two attached hydrogens (primary N) is 1. The van der Waals surface area contributed by atoms with Gasteiger partial charge in [0.2, 0.25) is 12.1 Å². The highest BCUT2D eigenvalue weighted by atomic mass is 35.5.